The number of hydrogen-bond donors (Lipinski definition) is 3. The third-order valence-electron chi connectivity index (χ3n) is 9.72. The summed E-state index contributed by atoms with van der Waals surface area (Å²) in [5.74, 6) is 0.599. The Balaban J connectivity index is 1.20. The number of anilines is 1. The molecule has 2 fully saturated rings. The highest BCUT2D eigenvalue weighted by Gasteiger charge is 2.31. The summed E-state index contributed by atoms with van der Waals surface area (Å²) in [6, 6.07) is 7.58. The summed E-state index contributed by atoms with van der Waals surface area (Å²) in [5.41, 5.74) is 6.58. The fourth-order valence-electron chi connectivity index (χ4n) is 6.62. The number of nitrogens with two attached hydrogens (primary N) is 1. The maximum absolute atomic E-state index is 13.2. The van der Waals surface area contributed by atoms with E-state index < -0.39 is 32.1 Å². The lowest BCUT2D eigenvalue weighted by atomic mass is 9.87. The van der Waals surface area contributed by atoms with E-state index in [1.54, 1.807) is 16.4 Å². The van der Waals surface area contributed by atoms with E-state index in [0.29, 0.717) is 59.5 Å². The molecule has 0 saturated carbocycles. The third kappa shape index (κ3) is 10.2. The number of hydrogen-bond acceptors (Lipinski definition) is 8. The Morgan fingerprint density at radius 3 is 2.06 bits per heavy atom. The van der Waals surface area contributed by atoms with E-state index in [-0.39, 0.29) is 16.7 Å². The summed E-state index contributed by atoms with van der Waals surface area (Å²) in [4.78, 5) is 18.5. The summed E-state index contributed by atoms with van der Waals surface area (Å²) in [6.45, 7) is 9.54. The number of unbranched alkanes of at least 4 members (excludes halogenated alkanes) is 1. The van der Waals surface area contributed by atoms with Gasteiger partial charge in [-0.3, -0.25) is 4.79 Å². The molecule has 4 rings (SSSR count). The zero-order valence-electron chi connectivity index (χ0n) is 28.4. The van der Waals surface area contributed by atoms with Gasteiger partial charge in [0.15, 0.2) is 0 Å². The van der Waals surface area contributed by atoms with Crippen LogP contribution in [0.4, 0.5) is 5.82 Å². The highest BCUT2D eigenvalue weighted by Crippen LogP contribution is 2.33. The number of sulfonamides is 2. The average molecular weight is 771 g/mol. The lowest BCUT2D eigenvalue weighted by Gasteiger charge is -2.34. The highest BCUT2D eigenvalue weighted by molar-refractivity contribution is 9.10. The van der Waals surface area contributed by atoms with Crippen LogP contribution in [0.5, 0.6) is 0 Å². The van der Waals surface area contributed by atoms with Gasteiger partial charge in [0, 0.05) is 32.4 Å². The number of carboxylic acid groups (broad SMARTS) is 1. The van der Waals surface area contributed by atoms with Crippen LogP contribution in [0, 0.1) is 11.8 Å². The van der Waals surface area contributed by atoms with Crippen molar-refractivity contribution < 1.29 is 26.7 Å². The largest absolute Gasteiger partial charge is 0.480 e. The van der Waals surface area contributed by atoms with Crippen LogP contribution < -0.4 is 15.4 Å². The monoisotopic (exact) mass is 769 g/mol. The maximum atomic E-state index is 13.2. The molecule has 3 heterocycles. The standard InChI is InChI=1S/C34H52BrN5O6S2/c1-34(2,3)27-10-12-28(13-11-27)48(45,46)40-21-16-26(17-22-40)8-6-7-25-14-19-39(20-15-25)32-30(35)23-29(24-37-32)47(43,44)38-31(33(41)42)9-4-5-18-36/h10-13,23-26,31,38H,4-9,14-22,36H2,1-3H3,(H,41,42). The molecule has 0 amide bonds. The summed E-state index contributed by atoms with van der Waals surface area (Å²) in [7, 11) is -7.55. The van der Waals surface area contributed by atoms with Crippen molar-refractivity contribution in [2.24, 2.45) is 17.6 Å². The van der Waals surface area contributed by atoms with Gasteiger partial charge in [0.1, 0.15) is 16.8 Å². The van der Waals surface area contributed by atoms with Crippen LogP contribution in [0.25, 0.3) is 0 Å². The molecule has 0 aliphatic carbocycles. The van der Waals surface area contributed by atoms with E-state index in [1.807, 2.05) is 12.1 Å². The topological polar surface area (TPSA) is 163 Å². The van der Waals surface area contributed by atoms with Crippen molar-refractivity contribution in [3.8, 4) is 0 Å². The van der Waals surface area contributed by atoms with Gasteiger partial charge in [-0.25, -0.2) is 21.8 Å². The summed E-state index contributed by atoms with van der Waals surface area (Å²) < 4.78 is 56.8. The predicted octanol–water partition coefficient (Wildman–Crippen LogP) is 5.49. The van der Waals surface area contributed by atoms with Gasteiger partial charge in [-0.1, -0.05) is 58.6 Å². The minimum absolute atomic E-state index is 0.0220. The van der Waals surface area contributed by atoms with Gasteiger partial charge >= 0.3 is 5.97 Å². The van der Waals surface area contributed by atoms with Crippen molar-refractivity contribution in [1.29, 1.82) is 0 Å². The van der Waals surface area contributed by atoms with Crippen LogP contribution in [0.2, 0.25) is 0 Å². The van der Waals surface area contributed by atoms with Crippen molar-refractivity contribution in [2.75, 3.05) is 37.6 Å². The van der Waals surface area contributed by atoms with Crippen LogP contribution in [0.15, 0.2) is 50.8 Å². The Morgan fingerprint density at radius 2 is 1.54 bits per heavy atom. The molecular weight excluding hydrogens is 718 g/mol. The summed E-state index contributed by atoms with van der Waals surface area (Å²) >= 11 is 3.49. The van der Waals surface area contributed by atoms with Crippen molar-refractivity contribution in [1.82, 2.24) is 14.0 Å². The minimum atomic E-state index is -4.08. The van der Waals surface area contributed by atoms with Crippen molar-refractivity contribution in [3.63, 3.8) is 0 Å². The second kappa shape index (κ2) is 16.7. The normalized spacial score (nSPS) is 18.2. The van der Waals surface area contributed by atoms with Crippen molar-refractivity contribution in [3.05, 3.63) is 46.6 Å². The molecule has 4 N–H and O–H groups in total. The number of nitrogens with zero attached hydrogens (tertiary/aromatic N) is 3. The number of halogens is 1. The molecule has 0 spiro atoms. The molecule has 48 heavy (non-hydrogen) atoms. The van der Waals surface area contributed by atoms with E-state index in [1.165, 1.54) is 12.3 Å². The average Bonchev–Trinajstić information content (AvgIpc) is 3.04. The zero-order chi connectivity index (χ0) is 35.1. The SMILES string of the molecule is CC(C)(C)c1ccc(S(=O)(=O)N2CCC(CCCC3CCN(c4ncc(S(=O)(=O)NC(CCCCN)C(=O)O)cc4Br)CC3)CC2)cc1. The summed E-state index contributed by atoms with van der Waals surface area (Å²) in [5, 5.41) is 9.48. The molecule has 1 aromatic carbocycles. The quantitative estimate of drug-likeness (QED) is 0.199. The maximum Gasteiger partial charge on any atom is 0.321 e. The first kappa shape index (κ1) is 38.7. The van der Waals surface area contributed by atoms with Gasteiger partial charge in [0.2, 0.25) is 20.0 Å². The number of benzene rings is 1. The smallest absolute Gasteiger partial charge is 0.321 e. The Hall–Kier alpha value is -2.10. The van der Waals surface area contributed by atoms with E-state index in [2.05, 4.69) is 51.3 Å². The number of carbonyl (C=O) groups is 1. The first-order chi connectivity index (χ1) is 22.6. The molecule has 2 aliphatic rings. The number of pyridine rings is 1. The molecule has 11 nitrogen and oxygen atoms in total. The minimum Gasteiger partial charge on any atom is -0.480 e. The van der Waals surface area contributed by atoms with Crippen LogP contribution >= 0.6 is 15.9 Å². The first-order valence-electron chi connectivity index (χ1n) is 17.1. The van der Waals surface area contributed by atoms with E-state index in [4.69, 9.17) is 5.73 Å². The van der Waals surface area contributed by atoms with Crippen molar-refractivity contribution in [2.45, 2.75) is 106 Å². The van der Waals surface area contributed by atoms with Crippen LogP contribution in [0.1, 0.15) is 90.5 Å². The molecule has 2 saturated heterocycles. The third-order valence-corrected chi connectivity index (χ3v) is 13.7. The van der Waals surface area contributed by atoms with Crippen LogP contribution in [-0.4, -0.2) is 76.0 Å². The fraction of sp³-hybridized carbons (Fsp3) is 0.647. The molecular formula is C34H52BrN5O6S2. The molecule has 2 aromatic rings. The Bertz CT molecular complexity index is 1580. The number of aliphatic carboxylic acids is 1. The molecule has 1 atom stereocenters. The number of aromatic nitrogens is 1. The van der Waals surface area contributed by atoms with Crippen LogP contribution in [-0.2, 0) is 30.3 Å². The Morgan fingerprint density at radius 1 is 0.958 bits per heavy atom. The van der Waals surface area contributed by atoms with Gasteiger partial charge in [0.25, 0.3) is 0 Å². The lowest BCUT2D eigenvalue weighted by Crippen LogP contribution is -2.40. The second-order valence-corrected chi connectivity index (χ2v) is 18.8. The molecule has 1 aromatic heterocycles. The number of carboxylic acids is 1. The fourth-order valence-corrected chi connectivity index (χ4v) is 10.0. The molecule has 0 radical (unpaired) electrons. The van der Waals surface area contributed by atoms with E-state index in [9.17, 15) is 26.7 Å². The van der Waals surface area contributed by atoms with E-state index >= 15 is 0 Å². The van der Waals surface area contributed by atoms with Gasteiger partial charge in [-0.05, 0) is 102 Å². The van der Waals surface area contributed by atoms with Crippen LogP contribution in [0.3, 0.4) is 0 Å². The van der Waals surface area contributed by atoms with Gasteiger partial charge in [-0.2, -0.15) is 9.03 Å². The highest BCUT2D eigenvalue weighted by atomic mass is 79.9. The lowest BCUT2D eigenvalue weighted by molar-refractivity contribution is -0.139. The Labute approximate surface area is 295 Å². The molecule has 1 unspecified atom stereocenters. The number of piperidine rings is 2. The summed E-state index contributed by atoms with van der Waals surface area (Å²) in [6.07, 6.45) is 9.76. The molecule has 0 bridgehead atoms. The zero-order valence-corrected chi connectivity index (χ0v) is 31.6. The number of rotatable bonds is 15. The molecule has 14 heteroatoms. The van der Waals surface area contributed by atoms with E-state index in [0.717, 1.165) is 63.6 Å². The predicted molar refractivity (Wildman–Crippen MR) is 192 cm³/mol. The van der Waals surface area contributed by atoms with Crippen molar-refractivity contribution >= 4 is 47.8 Å². The second-order valence-electron chi connectivity index (χ2n) is 14.3. The molecule has 2 aliphatic heterocycles. The van der Waals surface area contributed by atoms with Gasteiger partial charge in [0.05, 0.1) is 9.37 Å². The number of nitrogens with one attached hydrogen (secondary N) is 1. The molecule has 268 valence electrons. The first-order valence-corrected chi connectivity index (χ1v) is 20.8. The van der Waals surface area contributed by atoms with Gasteiger partial charge in [-0.15, -0.1) is 0 Å². The van der Waals surface area contributed by atoms with Gasteiger partial charge < -0.3 is 15.7 Å². The Kier molecular flexibility index (Phi) is 13.5.